The third kappa shape index (κ3) is 1.82. The van der Waals surface area contributed by atoms with Crippen molar-refractivity contribution in [3.63, 3.8) is 0 Å². The molecule has 0 amide bonds. The van der Waals surface area contributed by atoms with Gasteiger partial charge >= 0.3 is 6.01 Å². The number of hydrogen-bond donors (Lipinski definition) is 1. The smallest absolute Gasteiger partial charge is 0.321 e. The van der Waals surface area contributed by atoms with Crippen molar-refractivity contribution in [1.82, 2.24) is 10.1 Å². The van der Waals surface area contributed by atoms with Gasteiger partial charge < -0.3 is 9.84 Å². The number of aromatic nitrogens is 2. The molecule has 0 spiro atoms. The third-order valence-corrected chi connectivity index (χ3v) is 2.44. The van der Waals surface area contributed by atoms with Gasteiger partial charge in [-0.15, -0.1) is 0 Å². The molecule has 4 heteroatoms. The zero-order chi connectivity index (χ0) is 9.10. The molecule has 0 saturated heterocycles. The Kier molecular flexibility index (Phi) is 2.47. The molecule has 0 bridgehead atoms. The highest BCUT2D eigenvalue weighted by Gasteiger charge is 2.24. The van der Waals surface area contributed by atoms with Crippen LogP contribution in [0, 0.1) is 0 Å². The van der Waals surface area contributed by atoms with Gasteiger partial charge in [-0.3, -0.25) is 0 Å². The van der Waals surface area contributed by atoms with Crippen molar-refractivity contribution in [3.8, 4) is 0 Å². The fourth-order valence-electron chi connectivity index (χ4n) is 1.37. The SMILES string of the molecule is CCCNc1nc(C2CCC2)no1. The molecule has 1 heterocycles. The van der Waals surface area contributed by atoms with E-state index in [0.717, 1.165) is 18.8 Å². The second kappa shape index (κ2) is 3.77. The van der Waals surface area contributed by atoms with Gasteiger partial charge in [0.1, 0.15) is 0 Å². The first-order valence-corrected chi connectivity index (χ1v) is 4.97. The molecule has 0 atom stereocenters. The molecule has 1 aromatic rings. The topological polar surface area (TPSA) is 51.0 Å². The third-order valence-electron chi connectivity index (χ3n) is 2.44. The molecule has 13 heavy (non-hydrogen) atoms. The summed E-state index contributed by atoms with van der Waals surface area (Å²) in [5, 5.41) is 7.02. The molecule has 0 radical (unpaired) electrons. The summed E-state index contributed by atoms with van der Waals surface area (Å²) in [6.07, 6.45) is 4.80. The largest absolute Gasteiger partial charge is 0.338 e. The summed E-state index contributed by atoms with van der Waals surface area (Å²) in [6, 6.07) is 0.573. The molecular weight excluding hydrogens is 166 g/mol. The molecule has 1 fully saturated rings. The molecule has 1 aromatic heterocycles. The predicted molar refractivity (Wildman–Crippen MR) is 49.7 cm³/mol. The van der Waals surface area contributed by atoms with Crippen LogP contribution in [0.15, 0.2) is 4.52 Å². The minimum atomic E-state index is 0.556. The van der Waals surface area contributed by atoms with Crippen LogP contribution in [-0.2, 0) is 0 Å². The average Bonchev–Trinajstić information content (AvgIpc) is 2.46. The Morgan fingerprint density at radius 2 is 2.38 bits per heavy atom. The van der Waals surface area contributed by atoms with Gasteiger partial charge in [-0.05, 0) is 19.3 Å². The lowest BCUT2D eigenvalue weighted by molar-refractivity contribution is 0.366. The van der Waals surface area contributed by atoms with E-state index in [2.05, 4.69) is 22.4 Å². The van der Waals surface area contributed by atoms with Gasteiger partial charge in [0.15, 0.2) is 5.82 Å². The van der Waals surface area contributed by atoms with Crippen LogP contribution in [0.25, 0.3) is 0 Å². The predicted octanol–water partition coefficient (Wildman–Crippen LogP) is 2.16. The molecule has 0 aromatic carbocycles. The van der Waals surface area contributed by atoms with Crippen LogP contribution in [0.1, 0.15) is 44.3 Å². The maximum Gasteiger partial charge on any atom is 0.321 e. The lowest BCUT2D eigenvalue weighted by Crippen LogP contribution is -2.10. The zero-order valence-electron chi connectivity index (χ0n) is 7.92. The fraction of sp³-hybridized carbons (Fsp3) is 0.778. The van der Waals surface area contributed by atoms with E-state index in [0.29, 0.717) is 11.9 Å². The standard InChI is InChI=1S/C9H15N3O/c1-2-6-10-9-11-8(12-13-9)7-4-3-5-7/h7H,2-6H2,1H3,(H,10,11,12). The Morgan fingerprint density at radius 3 is 3.00 bits per heavy atom. The molecule has 1 aliphatic rings. The van der Waals surface area contributed by atoms with Crippen molar-refractivity contribution in [3.05, 3.63) is 5.82 Å². The summed E-state index contributed by atoms with van der Waals surface area (Å²) in [6.45, 7) is 3.00. The number of rotatable bonds is 4. The quantitative estimate of drug-likeness (QED) is 0.773. The van der Waals surface area contributed by atoms with Crippen molar-refractivity contribution < 1.29 is 4.52 Å². The summed E-state index contributed by atoms with van der Waals surface area (Å²) in [4.78, 5) is 4.28. The maximum atomic E-state index is 5.05. The summed E-state index contributed by atoms with van der Waals surface area (Å²) < 4.78 is 5.05. The molecule has 0 unspecified atom stereocenters. The van der Waals surface area contributed by atoms with Crippen LogP contribution < -0.4 is 5.32 Å². The first kappa shape index (κ1) is 8.53. The average molecular weight is 181 g/mol. The van der Waals surface area contributed by atoms with Gasteiger partial charge in [-0.2, -0.15) is 4.98 Å². The van der Waals surface area contributed by atoms with Crippen LogP contribution in [-0.4, -0.2) is 16.7 Å². The monoisotopic (exact) mass is 181 g/mol. The Balaban J connectivity index is 1.92. The zero-order valence-corrected chi connectivity index (χ0v) is 7.92. The molecular formula is C9H15N3O. The van der Waals surface area contributed by atoms with E-state index < -0.39 is 0 Å². The minimum Gasteiger partial charge on any atom is -0.338 e. The molecule has 2 rings (SSSR count). The van der Waals surface area contributed by atoms with Crippen molar-refractivity contribution >= 4 is 6.01 Å². The van der Waals surface area contributed by atoms with Crippen LogP contribution in [0.2, 0.25) is 0 Å². The van der Waals surface area contributed by atoms with Gasteiger partial charge in [0.05, 0.1) is 0 Å². The number of anilines is 1. The Hall–Kier alpha value is -1.06. The normalized spacial score (nSPS) is 17.0. The molecule has 72 valence electrons. The summed E-state index contributed by atoms with van der Waals surface area (Å²) in [5.41, 5.74) is 0. The van der Waals surface area contributed by atoms with Crippen molar-refractivity contribution in [2.45, 2.75) is 38.5 Å². The second-order valence-corrected chi connectivity index (χ2v) is 3.51. The van der Waals surface area contributed by atoms with E-state index >= 15 is 0 Å². The van der Waals surface area contributed by atoms with Crippen molar-refractivity contribution in [1.29, 1.82) is 0 Å². The van der Waals surface area contributed by atoms with Crippen molar-refractivity contribution in [2.75, 3.05) is 11.9 Å². The fourth-order valence-corrected chi connectivity index (χ4v) is 1.37. The molecule has 1 N–H and O–H groups in total. The lowest BCUT2D eigenvalue weighted by Gasteiger charge is -2.20. The Morgan fingerprint density at radius 1 is 1.54 bits per heavy atom. The van der Waals surface area contributed by atoms with E-state index in [1.807, 2.05) is 0 Å². The second-order valence-electron chi connectivity index (χ2n) is 3.51. The lowest BCUT2D eigenvalue weighted by atomic mass is 9.85. The number of nitrogens with one attached hydrogen (secondary N) is 1. The number of nitrogens with zero attached hydrogens (tertiary/aromatic N) is 2. The Labute approximate surface area is 77.7 Å². The van der Waals surface area contributed by atoms with Gasteiger partial charge in [-0.25, -0.2) is 0 Å². The van der Waals surface area contributed by atoms with Gasteiger partial charge in [-0.1, -0.05) is 18.5 Å². The summed E-state index contributed by atoms with van der Waals surface area (Å²) >= 11 is 0. The number of hydrogen-bond acceptors (Lipinski definition) is 4. The van der Waals surface area contributed by atoms with E-state index in [-0.39, 0.29) is 0 Å². The maximum absolute atomic E-state index is 5.05. The van der Waals surface area contributed by atoms with Gasteiger partial charge in [0.2, 0.25) is 0 Å². The minimum absolute atomic E-state index is 0.556. The van der Waals surface area contributed by atoms with Crippen LogP contribution in [0.3, 0.4) is 0 Å². The van der Waals surface area contributed by atoms with Crippen molar-refractivity contribution in [2.24, 2.45) is 0 Å². The summed E-state index contributed by atoms with van der Waals surface area (Å²) in [5.74, 6) is 1.44. The van der Waals surface area contributed by atoms with Crippen LogP contribution in [0.5, 0.6) is 0 Å². The van der Waals surface area contributed by atoms with E-state index in [1.54, 1.807) is 0 Å². The van der Waals surface area contributed by atoms with Gasteiger partial charge in [0.25, 0.3) is 0 Å². The van der Waals surface area contributed by atoms with Crippen LogP contribution >= 0.6 is 0 Å². The Bertz CT molecular complexity index is 268. The van der Waals surface area contributed by atoms with Crippen LogP contribution in [0.4, 0.5) is 6.01 Å². The first-order chi connectivity index (χ1) is 6.40. The van der Waals surface area contributed by atoms with E-state index in [9.17, 15) is 0 Å². The van der Waals surface area contributed by atoms with E-state index in [1.165, 1.54) is 19.3 Å². The highest BCUT2D eigenvalue weighted by Crippen LogP contribution is 2.34. The first-order valence-electron chi connectivity index (χ1n) is 4.97. The molecule has 1 aliphatic carbocycles. The molecule has 4 nitrogen and oxygen atoms in total. The highest BCUT2D eigenvalue weighted by molar-refractivity contribution is 5.19. The highest BCUT2D eigenvalue weighted by atomic mass is 16.5. The summed E-state index contributed by atoms with van der Waals surface area (Å²) in [7, 11) is 0. The van der Waals surface area contributed by atoms with E-state index in [4.69, 9.17) is 4.52 Å². The molecule has 0 aliphatic heterocycles. The molecule has 1 saturated carbocycles. The van der Waals surface area contributed by atoms with Gasteiger partial charge in [0, 0.05) is 12.5 Å².